The lowest BCUT2D eigenvalue weighted by molar-refractivity contribution is -0.121. The predicted octanol–water partition coefficient (Wildman–Crippen LogP) is 4.48. The quantitative estimate of drug-likeness (QED) is 0.573. The number of thiazole rings is 1. The van der Waals surface area contributed by atoms with E-state index >= 15 is 0 Å². The van der Waals surface area contributed by atoms with E-state index in [1.807, 2.05) is 56.5 Å². The lowest BCUT2D eigenvalue weighted by Crippen LogP contribution is -2.33. The van der Waals surface area contributed by atoms with Crippen LogP contribution in [-0.2, 0) is 15.0 Å². The zero-order chi connectivity index (χ0) is 22.9. The number of anilines is 2. The smallest absolute Gasteiger partial charge is 0.264 e. The maximum Gasteiger partial charge on any atom is 0.264 e. The minimum atomic E-state index is -0.581. The highest BCUT2D eigenvalue weighted by atomic mass is 32.1. The first-order chi connectivity index (χ1) is 15.3. The molecule has 4 rings (SSSR count). The minimum absolute atomic E-state index is 0.0711. The van der Waals surface area contributed by atoms with Crippen LogP contribution in [0.3, 0.4) is 0 Å². The van der Waals surface area contributed by atoms with Crippen LogP contribution in [0, 0.1) is 0 Å². The average molecular weight is 452 g/mol. The molecular formula is C24H25N3O4S. The molecule has 2 heterocycles. The Kier molecular flexibility index (Phi) is 5.88. The molecule has 3 aromatic rings. The van der Waals surface area contributed by atoms with Gasteiger partial charge in [0.25, 0.3) is 5.91 Å². The number of nitrogens with zero attached hydrogens (tertiary/aromatic N) is 2. The topological polar surface area (TPSA) is 80.8 Å². The van der Waals surface area contributed by atoms with Gasteiger partial charge in [0, 0.05) is 23.7 Å². The van der Waals surface area contributed by atoms with E-state index < -0.39 is 5.41 Å². The molecule has 2 amide bonds. The van der Waals surface area contributed by atoms with Crippen LogP contribution >= 0.6 is 11.3 Å². The molecule has 8 heteroatoms. The molecule has 0 atom stereocenters. The predicted molar refractivity (Wildman–Crippen MR) is 126 cm³/mol. The molecule has 2 aromatic carbocycles. The van der Waals surface area contributed by atoms with Crippen molar-refractivity contribution in [2.75, 3.05) is 30.5 Å². The summed E-state index contributed by atoms with van der Waals surface area (Å²) >= 11 is 1.34. The van der Waals surface area contributed by atoms with Crippen LogP contribution in [-0.4, -0.2) is 37.1 Å². The number of nitrogens with one attached hydrogen (secondary N) is 1. The molecular weight excluding hydrogens is 426 g/mol. The fraction of sp³-hybridized carbons (Fsp3) is 0.292. The summed E-state index contributed by atoms with van der Waals surface area (Å²) in [5.41, 5.74) is 2.95. The highest BCUT2D eigenvalue weighted by Crippen LogP contribution is 2.42. The van der Waals surface area contributed by atoms with Crippen LogP contribution in [0.4, 0.5) is 10.8 Å². The number of ether oxygens (including phenoxy) is 2. The van der Waals surface area contributed by atoms with Crippen molar-refractivity contribution < 1.29 is 19.1 Å². The maximum absolute atomic E-state index is 12.5. The van der Waals surface area contributed by atoms with E-state index in [0.717, 1.165) is 22.5 Å². The first-order valence-electron chi connectivity index (χ1n) is 10.3. The molecule has 0 saturated carbocycles. The van der Waals surface area contributed by atoms with Gasteiger partial charge in [0.05, 0.1) is 17.7 Å². The van der Waals surface area contributed by atoms with Gasteiger partial charge in [0.2, 0.25) is 5.91 Å². The van der Waals surface area contributed by atoms with E-state index in [1.165, 1.54) is 11.3 Å². The highest BCUT2D eigenvalue weighted by Gasteiger charge is 2.42. The monoisotopic (exact) mass is 451 g/mol. The van der Waals surface area contributed by atoms with Gasteiger partial charge in [-0.25, -0.2) is 4.98 Å². The van der Waals surface area contributed by atoms with Crippen molar-refractivity contribution in [1.29, 1.82) is 0 Å². The van der Waals surface area contributed by atoms with Gasteiger partial charge in [-0.05, 0) is 50.6 Å². The van der Waals surface area contributed by atoms with E-state index in [-0.39, 0.29) is 18.4 Å². The van der Waals surface area contributed by atoms with E-state index in [4.69, 9.17) is 9.47 Å². The van der Waals surface area contributed by atoms with Gasteiger partial charge in [-0.15, -0.1) is 11.3 Å². The third-order valence-electron chi connectivity index (χ3n) is 5.42. The van der Waals surface area contributed by atoms with Crippen LogP contribution in [0.2, 0.25) is 0 Å². The number of benzene rings is 2. The normalized spacial score (nSPS) is 14.2. The average Bonchev–Trinajstić information content (AvgIpc) is 3.31. The first-order valence-corrected chi connectivity index (χ1v) is 11.2. The number of carbonyl (C=O) groups is 2. The van der Waals surface area contributed by atoms with Gasteiger partial charge in [-0.2, -0.15) is 0 Å². The second-order valence-corrected chi connectivity index (χ2v) is 8.83. The Bertz CT molecular complexity index is 1170. The number of amides is 2. The molecule has 1 aromatic heterocycles. The molecule has 0 aliphatic carbocycles. The lowest BCUT2D eigenvalue weighted by atomic mass is 9.85. The van der Waals surface area contributed by atoms with Gasteiger partial charge in [0.15, 0.2) is 23.2 Å². The van der Waals surface area contributed by atoms with E-state index in [9.17, 15) is 9.59 Å². The van der Waals surface area contributed by atoms with Crippen molar-refractivity contribution in [2.45, 2.75) is 26.2 Å². The second-order valence-electron chi connectivity index (χ2n) is 7.98. The van der Waals surface area contributed by atoms with Crippen molar-refractivity contribution in [2.24, 2.45) is 0 Å². The minimum Gasteiger partial charge on any atom is -0.490 e. The molecule has 1 N–H and O–H groups in total. The third-order valence-corrected chi connectivity index (χ3v) is 6.18. The maximum atomic E-state index is 12.5. The molecule has 0 bridgehead atoms. The summed E-state index contributed by atoms with van der Waals surface area (Å²) < 4.78 is 11.1. The van der Waals surface area contributed by atoms with Crippen LogP contribution < -0.4 is 19.7 Å². The molecule has 7 nitrogen and oxygen atoms in total. The lowest BCUT2D eigenvalue weighted by Gasteiger charge is -2.16. The Labute approximate surface area is 191 Å². The standard InChI is InChI=1S/C24H25N3O4S/c1-5-30-19-8-6-7-9-20(19)31-13-21(28)26-23-25-17(14-32-23)15-10-11-18-16(12-15)24(2,3)22(29)27(18)4/h6-12,14H,5,13H2,1-4H3,(H,25,26,28). The Morgan fingerprint density at radius 3 is 2.59 bits per heavy atom. The number of aromatic nitrogens is 1. The van der Waals surface area contributed by atoms with Crippen LogP contribution in [0.5, 0.6) is 11.5 Å². The number of likely N-dealkylation sites (N-methyl/N-ethyl adjacent to an activating group) is 1. The summed E-state index contributed by atoms with van der Waals surface area (Å²) in [6, 6.07) is 13.1. The largest absolute Gasteiger partial charge is 0.490 e. The summed E-state index contributed by atoms with van der Waals surface area (Å²) in [4.78, 5) is 31.1. The molecule has 32 heavy (non-hydrogen) atoms. The van der Waals surface area contributed by atoms with Crippen molar-refractivity contribution in [3.8, 4) is 22.8 Å². The molecule has 0 spiro atoms. The first kappa shape index (κ1) is 21.8. The molecule has 0 fully saturated rings. The summed E-state index contributed by atoms with van der Waals surface area (Å²) in [7, 11) is 1.79. The molecule has 0 saturated heterocycles. The van der Waals surface area contributed by atoms with Crippen LogP contribution in [0.15, 0.2) is 47.8 Å². The highest BCUT2D eigenvalue weighted by molar-refractivity contribution is 7.14. The van der Waals surface area contributed by atoms with E-state index in [1.54, 1.807) is 24.1 Å². The van der Waals surface area contributed by atoms with Gasteiger partial charge in [0.1, 0.15) is 0 Å². The van der Waals surface area contributed by atoms with Gasteiger partial charge >= 0.3 is 0 Å². The van der Waals surface area contributed by atoms with E-state index in [2.05, 4.69) is 10.3 Å². The fourth-order valence-corrected chi connectivity index (χ4v) is 4.47. The van der Waals surface area contributed by atoms with Crippen LogP contribution in [0.25, 0.3) is 11.3 Å². The number of fused-ring (bicyclic) bond motifs is 1. The number of carbonyl (C=O) groups excluding carboxylic acids is 2. The number of hydrogen-bond acceptors (Lipinski definition) is 6. The number of para-hydroxylation sites is 2. The zero-order valence-electron chi connectivity index (χ0n) is 18.5. The Hall–Kier alpha value is -3.39. The van der Waals surface area contributed by atoms with Gasteiger partial charge in [-0.3, -0.25) is 14.9 Å². The molecule has 0 unspecified atom stereocenters. The van der Waals surface area contributed by atoms with Crippen LogP contribution in [0.1, 0.15) is 26.3 Å². The van der Waals surface area contributed by atoms with Crippen molar-refractivity contribution in [3.63, 3.8) is 0 Å². The Morgan fingerprint density at radius 2 is 1.88 bits per heavy atom. The van der Waals surface area contributed by atoms with Gasteiger partial charge < -0.3 is 14.4 Å². The SMILES string of the molecule is CCOc1ccccc1OCC(=O)Nc1nc(-c2ccc3c(c2)C(C)(C)C(=O)N3C)cs1. The Balaban J connectivity index is 1.44. The molecule has 0 radical (unpaired) electrons. The van der Waals surface area contributed by atoms with Gasteiger partial charge in [-0.1, -0.05) is 18.2 Å². The van der Waals surface area contributed by atoms with Crippen molar-refractivity contribution in [3.05, 3.63) is 53.4 Å². The zero-order valence-corrected chi connectivity index (χ0v) is 19.3. The van der Waals surface area contributed by atoms with Crippen molar-refractivity contribution in [1.82, 2.24) is 4.98 Å². The molecule has 166 valence electrons. The molecule has 1 aliphatic heterocycles. The van der Waals surface area contributed by atoms with Crippen molar-refractivity contribution >= 4 is 34.0 Å². The third kappa shape index (κ3) is 4.05. The van der Waals surface area contributed by atoms with E-state index in [0.29, 0.717) is 23.2 Å². The molecule has 1 aliphatic rings. The summed E-state index contributed by atoms with van der Waals surface area (Å²) in [5, 5.41) is 5.15. The Morgan fingerprint density at radius 1 is 1.16 bits per heavy atom. The second kappa shape index (κ2) is 8.63. The number of rotatable bonds is 7. The number of hydrogen-bond donors (Lipinski definition) is 1. The summed E-state index contributed by atoms with van der Waals surface area (Å²) in [5.74, 6) is 0.883. The fourth-order valence-electron chi connectivity index (χ4n) is 3.74. The summed E-state index contributed by atoms with van der Waals surface area (Å²) in [6.07, 6.45) is 0. The summed E-state index contributed by atoms with van der Waals surface area (Å²) in [6.45, 7) is 6.11.